The molecule has 1 aliphatic heterocycles. The molecule has 1 amide bonds. The third-order valence-electron chi connectivity index (χ3n) is 4.64. The fourth-order valence-corrected chi connectivity index (χ4v) is 3.07. The van der Waals surface area contributed by atoms with Crippen molar-refractivity contribution in [3.8, 4) is 5.75 Å². The number of carbonyl (C=O) groups is 3. The maximum Gasteiger partial charge on any atom is 0.573 e. The van der Waals surface area contributed by atoms with Gasteiger partial charge in [0.2, 0.25) is 5.91 Å². The van der Waals surface area contributed by atoms with E-state index in [-0.39, 0.29) is 11.7 Å². The number of carboxylic acid groups (broad SMARTS) is 2. The minimum Gasteiger partial charge on any atom is -0.479 e. The lowest BCUT2D eigenvalue weighted by Gasteiger charge is -2.18. The average Bonchev–Trinajstić information content (AvgIpc) is 3.13. The van der Waals surface area contributed by atoms with E-state index in [1.807, 2.05) is 0 Å². The molecule has 2 aromatic rings. The van der Waals surface area contributed by atoms with Crippen molar-refractivity contribution in [1.82, 2.24) is 0 Å². The molecule has 0 saturated carbocycles. The second-order valence-electron chi connectivity index (χ2n) is 6.99. The first kappa shape index (κ1) is 26.5. The van der Waals surface area contributed by atoms with Crippen LogP contribution in [0.4, 0.5) is 23.2 Å². The van der Waals surface area contributed by atoms with Crippen LogP contribution in [0, 0.1) is 5.82 Å². The van der Waals surface area contributed by atoms with E-state index in [4.69, 9.17) is 20.4 Å². The number of halogens is 4. The molecule has 0 aromatic heterocycles. The molecule has 1 fully saturated rings. The number of hydrogen-bond donors (Lipinski definition) is 4. The van der Waals surface area contributed by atoms with Gasteiger partial charge in [0.1, 0.15) is 11.6 Å². The minimum absolute atomic E-state index is 0.204. The molecule has 3 unspecified atom stereocenters. The fourth-order valence-electron chi connectivity index (χ4n) is 3.07. The maximum atomic E-state index is 13.3. The molecule has 1 aliphatic rings. The third kappa shape index (κ3) is 7.15. The van der Waals surface area contributed by atoms with E-state index in [1.54, 1.807) is 12.1 Å². The van der Waals surface area contributed by atoms with Gasteiger partial charge in [-0.3, -0.25) is 4.79 Å². The zero-order chi connectivity index (χ0) is 25.6. The predicted molar refractivity (Wildman–Crippen MR) is 107 cm³/mol. The Kier molecular flexibility index (Phi) is 8.54. The van der Waals surface area contributed by atoms with Crippen LogP contribution in [0.5, 0.6) is 5.75 Å². The van der Waals surface area contributed by atoms with Crippen LogP contribution in [0.2, 0.25) is 0 Å². The van der Waals surface area contributed by atoms with Crippen LogP contribution in [0.1, 0.15) is 17.9 Å². The number of carbonyl (C=O) groups excluding carboxylic acids is 1. The van der Waals surface area contributed by atoms with Crippen LogP contribution in [0.25, 0.3) is 0 Å². The van der Waals surface area contributed by atoms with Crippen LogP contribution < -0.4 is 9.64 Å². The van der Waals surface area contributed by atoms with Gasteiger partial charge in [0.25, 0.3) is 0 Å². The highest BCUT2D eigenvalue weighted by Gasteiger charge is 2.34. The molecule has 4 N–H and O–H groups in total. The summed E-state index contributed by atoms with van der Waals surface area (Å²) in [5, 5.41) is 32.5. The largest absolute Gasteiger partial charge is 0.573 e. The Balaban J connectivity index is 0.000000347. The Morgan fingerprint density at radius 3 is 2.03 bits per heavy atom. The lowest BCUT2D eigenvalue weighted by Crippen LogP contribution is -2.39. The van der Waals surface area contributed by atoms with Gasteiger partial charge in [-0.2, -0.15) is 0 Å². The molecule has 2 aromatic carbocycles. The van der Waals surface area contributed by atoms with Gasteiger partial charge in [-0.25, -0.2) is 14.0 Å². The standard InChI is InChI=1S/C17H13F4NO2.C4H6O6/c18-12-3-1-2-11(10-12)15-8-9-22(16(15)23)13-4-6-14(7-5-13)24-17(19,20)21;5-1(3(7)8)2(6)4(9)10/h1-7,10,15H,8-9H2;1-2,5-6H,(H,7,8)(H,9,10). The first-order valence-corrected chi connectivity index (χ1v) is 9.54. The molecule has 13 heteroatoms. The SMILES string of the molecule is O=C(O)C(O)C(O)C(=O)O.O=C1C(c2cccc(F)c2)CCN1c1ccc(OC(F)(F)F)cc1. The van der Waals surface area contributed by atoms with Crippen molar-refractivity contribution >= 4 is 23.5 Å². The number of amides is 1. The van der Waals surface area contributed by atoms with Gasteiger partial charge in [0, 0.05) is 12.2 Å². The molecule has 34 heavy (non-hydrogen) atoms. The molecule has 3 rings (SSSR count). The number of rotatable bonds is 6. The number of aliphatic hydroxyl groups excluding tert-OH is 2. The Labute approximate surface area is 189 Å². The Morgan fingerprint density at radius 2 is 1.56 bits per heavy atom. The highest BCUT2D eigenvalue weighted by Crippen LogP contribution is 2.33. The quantitative estimate of drug-likeness (QED) is 0.452. The van der Waals surface area contributed by atoms with Gasteiger partial charge >= 0.3 is 18.3 Å². The molecule has 0 spiro atoms. The first-order valence-electron chi connectivity index (χ1n) is 9.54. The van der Waals surface area contributed by atoms with Crippen molar-refractivity contribution in [3.63, 3.8) is 0 Å². The van der Waals surface area contributed by atoms with Crippen molar-refractivity contribution in [2.45, 2.75) is 30.9 Å². The number of nitrogens with zero attached hydrogens (tertiary/aromatic N) is 1. The normalized spacial score (nSPS) is 17.4. The monoisotopic (exact) mass is 489 g/mol. The van der Waals surface area contributed by atoms with Crippen LogP contribution in [-0.4, -0.2) is 63.4 Å². The van der Waals surface area contributed by atoms with Crippen LogP contribution in [0.15, 0.2) is 48.5 Å². The van der Waals surface area contributed by atoms with Gasteiger partial charge in [0.05, 0.1) is 5.92 Å². The maximum absolute atomic E-state index is 13.3. The second kappa shape index (κ2) is 10.9. The average molecular weight is 489 g/mol. The van der Waals surface area contributed by atoms with Crippen molar-refractivity contribution in [1.29, 1.82) is 0 Å². The van der Waals surface area contributed by atoms with E-state index in [9.17, 15) is 31.9 Å². The summed E-state index contributed by atoms with van der Waals surface area (Å²) in [7, 11) is 0. The zero-order valence-corrected chi connectivity index (χ0v) is 17.1. The number of alkyl halides is 3. The Hall–Kier alpha value is -3.71. The number of aliphatic carboxylic acids is 2. The summed E-state index contributed by atoms with van der Waals surface area (Å²) in [6, 6.07) is 11.0. The fraction of sp³-hybridized carbons (Fsp3) is 0.286. The van der Waals surface area contributed by atoms with Gasteiger partial charge in [-0.1, -0.05) is 12.1 Å². The smallest absolute Gasteiger partial charge is 0.479 e. The van der Waals surface area contributed by atoms with E-state index < -0.39 is 42.2 Å². The van der Waals surface area contributed by atoms with Gasteiger partial charge in [0.15, 0.2) is 12.2 Å². The molecule has 0 radical (unpaired) electrons. The van der Waals surface area contributed by atoms with E-state index >= 15 is 0 Å². The van der Waals surface area contributed by atoms with Gasteiger partial charge in [-0.05, 0) is 48.4 Å². The third-order valence-corrected chi connectivity index (χ3v) is 4.64. The van der Waals surface area contributed by atoms with Crippen molar-refractivity contribution < 1.29 is 57.1 Å². The lowest BCUT2D eigenvalue weighted by molar-refractivity contribution is -0.274. The summed E-state index contributed by atoms with van der Waals surface area (Å²) in [5.41, 5.74) is 1.08. The summed E-state index contributed by atoms with van der Waals surface area (Å²) < 4.78 is 53.6. The molecule has 1 saturated heterocycles. The van der Waals surface area contributed by atoms with E-state index in [2.05, 4.69) is 4.74 Å². The van der Waals surface area contributed by atoms with Crippen molar-refractivity contribution in [2.24, 2.45) is 0 Å². The van der Waals surface area contributed by atoms with Crippen LogP contribution >= 0.6 is 0 Å². The minimum atomic E-state index is -4.76. The number of benzene rings is 2. The number of aliphatic hydroxyl groups is 2. The molecule has 3 atom stereocenters. The zero-order valence-electron chi connectivity index (χ0n) is 17.1. The highest BCUT2D eigenvalue weighted by atomic mass is 19.4. The number of hydrogen-bond acceptors (Lipinski definition) is 6. The number of carboxylic acids is 2. The van der Waals surface area contributed by atoms with Crippen LogP contribution in [0.3, 0.4) is 0 Å². The van der Waals surface area contributed by atoms with Crippen molar-refractivity contribution in [3.05, 3.63) is 59.9 Å². The highest BCUT2D eigenvalue weighted by molar-refractivity contribution is 6.00. The Bertz CT molecular complexity index is 1010. The van der Waals surface area contributed by atoms with Crippen molar-refractivity contribution in [2.75, 3.05) is 11.4 Å². The van der Waals surface area contributed by atoms with E-state index in [0.29, 0.717) is 24.2 Å². The molecule has 0 aliphatic carbocycles. The van der Waals surface area contributed by atoms with E-state index in [0.717, 1.165) is 12.1 Å². The van der Waals surface area contributed by atoms with E-state index in [1.165, 1.54) is 29.2 Å². The Morgan fingerprint density at radius 1 is 1.00 bits per heavy atom. The predicted octanol–water partition coefficient (Wildman–Crippen LogP) is 2.12. The lowest BCUT2D eigenvalue weighted by atomic mass is 9.98. The van der Waals surface area contributed by atoms with Gasteiger partial charge < -0.3 is 30.1 Å². The number of anilines is 1. The molecule has 0 bridgehead atoms. The summed E-state index contributed by atoms with van der Waals surface area (Å²) in [6.45, 7) is 0.416. The van der Waals surface area contributed by atoms with Crippen LogP contribution in [-0.2, 0) is 14.4 Å². The summed E-state index contributed by atoms with van der Waals surface area (Å²) in [5.74, 6) is -4.95. The molecule has 184 valence electrons. The molecular weight excluding hydrogens is 470 g/mol. The number of ether oxygens (including phenoxy) is 1. The summed E-state index contributed by atoms with van der Waals surface area (Å²) in [6.07, 6.45) is -8.77. The second-order valence-corrected chi connectivity index (χ2v) is 6.99. The van der Waals surface area contributed by atoms with Gasteiger partial charge in [-0.15, -0.1) is 13.2 Å². The molecule has 9 nitrogen and oxygen atoms in total. The molecule has 1 heterocycles. The first-order chi connectivity index (χ1) is 15.8. The molecular formula is C21H19F4NO8. The topological polar surface area (TPSA) is 145 Å². The summed E-state index contributed by atoms with van der Waals surface area (Å²) >= 11 is 0. The summed E-state index contributed by atoms with van der Waals surface area (Å²) in [4.78, 5) is 33.5.